The van der Waals surface area contributed by atoms with Crippen LogP contribution in [0.25, 0.3) is 0 Å². The molecule has 2 aromatic carbocycles. The predicted octanol–water partition coefficient (Wildman–Crippen LogP) is 7.12. The molecule has 4 rings (SSSR count). The second-order valence-corrected chi connectivity index (χ2v) is 12.2. The highest BCUT2D eigenvalue weighted by molar-refractivity contribution is 7.92. The Bertz CT molecular complexity index is 1490. The van der Waals surface area contributed by atoms with Crippen LogP contribution in [-0.4, -0.2) is 35.5 Å². The lowest BCUT2D eigenvalue weighted by Gasteiger charge is -2.42. The van der Waals surface area contributed by atoms with E-state index in [0.29, 0.717) is 42.7 Å². The van der Waals surface area contributed by atoms with Gasteiger partial charge in [-0.25, -0.2) is 4.98 Å². The zero-order chi connectivity index (χ0) is 30.5. The molecule has 0 saturated heterocycles. The standard InChI is InChI=1S/C31H35F3N2O5S/c1-3-16-30(17-15-21-9-6-5-7-10-21)19-26(37)28(29(38)41-30)25(4-2)22-11-8-12-24(18-22)36-42(39,40)27-14-13-23(20-35-27)31(32,33)34/h5-14,18,20,25,29,36-38H,3-4,15-17,19H2,1-2H3/t25-,29?,30-/m1/s1. The lowest BCUT2D eigenvalue weighted by molar-refractivity contribution is -0.189. The van der Waals surface area contributed by atoms with E-state index < -0.39 is 44.6 Å². The van der Waals surface area contributed by atoms with Gasteiger partial charge in [0.2, 0.25) is 0 Å². The lowest BCUT2D eigenvalue weighted by Crippen LogP contribution is -2.43. The van der Waals surface area contributed by atoms with Crippen LogP contribution in [0.3, 0.4) is 0 Å². The monoisotopic (exact) mass is 604 g/mol. The second kappa shape index (κ2) is 12.8. The third kappa shape index (κ3) is 7.32. The summed E-state index contributed by atoms with van der Waals surface area (Å²) >= 11 is 0. The molecule has 11 heteroatoms. The van der Waals surface area contributed by atoms with Gasteiger partial charge in [-0.05, 0) is 61.1 Å². The number of sulfonamides is 1. The fraction of sp³-hybridized carbons (Fsp3) is 0.387. The molecule has 0 saturated carbocycles. The van der Waals surface area contributed by atoms with E-state index in [9.17, 15) is 31.8 Å². The number of rotatable bonds is 11. The summed E-state index contributed by atoms with van der Waals surface area (Å²) in [5.74, 6) is -0.426. The van der Waals surface area contributed by atoms with Gasteiger partial charge in [-0.2, -0.15) is 21.6 Å². The molecule has 2 heterocycles. The topological polar surface area (TPSA) is 109 Å². The van der Waals surface area contributed by atoms with Gasteiger partial charge in [-0.1, -0.05) is 62.7 Å². The van der Waals surface area contributed by atoms with Crippen molar-refractivity contribution in [3.05, 3.63) is 101 Å². The van der Waals surface area contributed by atoms with E-state index >= 15 is 0 Å². The summed E-state index contributed by atoms with van der Waals surface area (Å²) in [5, 5.41) is 21.9. The van der Waals surface area contributed by atoms with Gasteiger partial charge < -0.3 is 14.9 Å². The number of aliphatic hydroxyl groups excluding tert-OH is 2. The van der Waals surface area contributed by atoms with E-state index in [4.69, 9.17) is 4.74 Å². The van der Waals surface area contributed by atoms with Gasteiger partial charge in [-0.15, -0.1) is 0 Å². The molecule has 1 aliphatic rings. The summed E-state index contributed by atoms with van der Waals surface area (Å²) in [7, 11) is -4.29. The minimum Gasteiger partial charge on any atom is -0.512 e. The van der Waals surface area contributed by atoms with Crippen LogP contribution in [-0.2, 0) is 27.4 Å². The van der Waals surface area contributed by atoms with Crippen LogP contribution in [0.4, 0.5) is 18.9 Å². The van der Waals surface area contributed by atoms with Gasteiger partial charge in [0.1, 0.15) is 0 Å². The lowest BCUT2D eigenvalue weighted by atomic mass is 9.79. The summed E-state index contributed by atoms with van der Waals surface area (Å²) in [5.41, 5.74) is 0.448. The maximum Gasteiger partial charge on any atom is 0.417 e. The van der Waals surface area contributed by atoms with Crippen molar-refractivity contribution in [2.75, 3.05) is 4.72 Å². The van der Waals surface area contributed by atoms with Crippen molar-refractivity contribution in [3.63, 3.8) is 0 Å². The van der Waals surface area contributed by atoms with E-state index in [1.165, 1.54) is 6.07 Å². The van der Waals surface area contributed by atoms with E-state index in [-0.39, 0.29) is 17.9 Å². The quantitative estimate of drug-likeness (QED) is 0.215. The van der Waals surface area contributed by atoms with Gasteiger partial charge in [0.05, 0.1) is 16.9 Å². The molecule has 7 nitrogen and oxygen atoms in total. The van der Waals surface area contributed by atoms with Crippen molar-refractivity contribution in [1.29, 1.82) is 0 Å². The third-order valence-electron chi connectivity index (χ3n) is 7.53. The van der Waals surface area contributed by atoms with Crippen LogP contribution < -0.4 is 4.72 Å². The van der Waals surface area contributed by atoms with Crippen molar-refractivity contribution >= 4 is 15.7 Å². The summed E-state index contributed by atoms with van der Waals surface area (Å²) in [6.45, 7) is 3.90. The average Bonchev–Trinajstić information content (AvgIpc) is 2.94. The Morgan fingerprint density at radius 3 is 2.40 bits per heavy atom. The molecule has 0 fully saturated rings. The average molecular weight is 605 g/mol. The molecule has 0 bridgehead atoms. The van der Waals surface area contributed by atoms with Gasteiger partial charge in [-0.3, -0.25) is 4.72 Å². The van der Waals surface area contributed by atoms with Crippen LogP contribution >= 0.6 is 0 Å². The molecule has 1 unspecified atom stereocenters. The van der Waals surface area contributed by atoms with Gasteiger partial charge in [0, 0.05) is 29.8 Å². The highest BCUT2D eigenvalue weighted by Crippen LogP contribution is 2.44. The zero-order valence-corrected chi connectivity index (χ0v) is 24.3. The largest absolute Gasteiger partial charge is 0.512 e. The number of nitrogens with zero attached hydrogens (tertiary/aromatic N) is 1. The highest BCUT2D eigenvalue weighted by Gasteiger charge is 2.42. The van der Waals surface area contributed by atoms with E-state index in [1.54, 1.807) is 18.2 Å². The maximum atomic E-state index is 12.9. The number of anilines is 1. The zero-order valence-electron chi connectivity index (χ0n) is 23.4. The SMILES string of the molecule is CCC[C@@]1(CCc2ccccc2)CC(O)=C([C@H](CC)c2cccc(NS(=O)(=O)c3ccc(C(F)(F)F)cn3)c2)C(O)O1. The summed E-state index contributed by atoms with van der Waals surface area (Å²) in [4.78, 5) is 3.48. The number of aliphatic hydroxyl groups is 2. The maximum absolute atomic E-state index is 12.9. The van der Waals surface area contributed by atoms with E-state index in [1.807, 2.05) is 44.2 Å². The summed E-state index contributed by atoms with van der Waals surface area (Å²) < 4.78 is 72.9. The fourth-order valence-corrected chi connectivity index (χ4v) is 6.51. The normalized spacial score (nSPS) is 20.4. The first kappa shape index (κ1) is 31.5. The van der Waals surface area contributed by atoms with Crippen LogP contribution in [0.1, 0.15) is 68.6 Å². The van der Waals surface area contributed by atoms with Gasteiger partial charge in [0.25, 0.3) is 10.0 Å². The molecule has 0 aliphatic carbocycles. The molecule has 3 aromatic rings. The van der Waals surface area contributed by atoms with Crippen molar-refractivity contribution in [1.82, 2.24) is 4.98 Å². The number of alkyl halides is 3. The van der Waals surface area contributed by atoms with Crippen LogP contribution in [0.2, 0.25) is 0 Å². The summed E-state index contributed by atoms with van der Waals surface area (Å²) in [6.07, 6.45) is -2.02. The molecular weight excluding hydrogens is 569 g/mol. The Morgan fingerprint density at radius 1 is 1.07 bits per heavy atom. The number of halogens is 3. The molecule has 3 atom stereocenters. The Balaban J connectivity index is 1.56. The summed E-state index contributed by atoms with van der Waals surface area (Å²) in [6, 6.07) is 17.8. The molecule has 42 heavy (non-hydrogen) atoms. The Hall–Kier alpha value is -3.41. The molecule has 0 radical (unpaired) electrons. The number of nitrogens with one attached hydrogen (secondary N) is 1. The number of aromatic nitrogens is 1. The number of hydrogen-bond donors (Lipinski definition) is 3. The third-order valence-corrected chi connectivity index (χ3v) is 8.83. The molecule has 1 aliphatic heterocycles. The Labute approximate surface area is 244 Å². The fourth-order valence-electron chi connectivity index (χ4n) is 5.53. The van der Waals surface area contributed by atoms with Crippen molar-refractivity contribution < 1.29 is 36.5 Å². The van der Waals surface area contributed by atoms with E-state index in [0.717, 1.165) is 24.5 Å². The Morgan fingerprint density at radius 2 is 1.81 bits per heavy atom. The first-order chi connectivity index (χ1) is 19.9. The molecule has 0 amide bonds. The van der Waals surface area contributed by atoms with Crippen molar-refractivity contribution in [2.24, 2.45) is 0 Å². The number of ether oxygens (including phenoxy) is 1. The Kier molecular flexibility index (Phi) is 9.64. The molecule has 226 valence electrons. The molecule has 0 spiro atoms. The first-order valence-corrected chi connectivity index (χ1v) is 15.3. The highest BCUT2D eigenvalue weighted by atomic mass is 32.2. The van der Waals surface area contributed by atoms with E-state index in [2.05, 4.69) is 9.71 Å². The minimum atomic E-state index is -4.64. The van der Waals surface area contributed by atoms with Crippen LogP contribution in [0.15, 0.2) is 89.3 Å². The van der Waals surface area contributed by atoms with Crippen molar-refractivity contribution in [2.45, 2.75) is 81.4 Å². The van der Waals surface area contributed by atoms with Crippen molar-refractivity contribution in [3.8, 4) is 0 Å². The number of benzene rings is 2. The van der Waals surface area contributed by atoms with Gasteiger partial charge in [0.15, 0.2) is 11.3 Å². The first-order valence-electron chi connectivity index (χ1n) is 13.8. The number of hydrogen-bond acceptors (Lipinski definition) is 6. The minimum absolute atomic E-state index is 0.0575. The second-order valence-electron chi connectivity index (χ2n) is 10.5. The van der Waals surface area contributed by atoms with Gasteiger partial charge >= 0.3 is 6.18 Å². The predicted molar refractivity (Wildman–Crippen MR) is 153 cm³/mol. The number of aryl methyl sites for hydroxylation is 1. The molecule has 1 aromatic heterocycles. The molecule has 3 N–H and O–H groups in total. The van der Waals surface area contributed by atoms with Crippen LogP contribution in [0.5, 0.6) is 0 Å². The number of pyridine rings is 1. The smallest absolute Gasteiger partial charge is 0.417 e. The van der Waals surface area contributed by atoms with Crippen LogP contribution in [0, 0.1) is 0 Å². The molecular formula is C31H35F3N2O5S.